The van der Waals surface area contributed by atoms with Crippen LogP contribution in [0.4, 0.5) is 0 Å². The predicted octanol–water partition coefficient (Wildman–Crippen LogP) is 6.21. The first-order valence-corrected chi connectivity index (χ1v) is 18.0. The second-order valence-corrected chi connectivity index (χ2v) is 13.9. The Bertz CT molecular complexity index is 2050. The van der Waals surface area contributed by atoms with E-state index < -0.39 is 0 Å². The number of aliphatic hydroxyl groups is 1. The van der Waals surface area contributed by atoms with Crippen LogP contribution in [0.3, 0.4) is 0 Å². The third kappa shape index (κ3) is 7.68. The standard InChI is InChI=1S/C38H41Cl2N7O4/c1-50-32-16-23(20-47-21-26(45-37(32)47)19-43-24-7-10-27(48)11-8-24)36-35(40)29(14-15-42-36)28-4-3-5-30(34(28)39)31-12-6-22(38(46-31)51-2)17-41-18-25-9-13-33(49)44-25/h3-6,12,14-16,20-21,24-25,27,41,43,48H,7-11,13,17-19H2,1-2H3,(H,44,49)/t24-,25-,27+/m0/s1. The Balaban J connectivity index is 1.13. The average Bonchev–Trinajstić information content (AvgIpc) is 3.76. The van der Waals surface area contributed by atoms with Crippen molar-refractivity contribution < 1.29 is 19.4 Å². The first kappa shape index (κ1) is 35.2. The molecule has 2 fully saturated rings. The highest BCUT2D eigenvalue weighted by atomic mass is 35.5. The fraction of sp³-hybridized carbons (Fsp3) is 0.368. The van der Waals surface area contributed by atoms with Crippen LogP contribution >= 0.6 is 23.2 Å². The molecular formula is C38H41Cl2N7O4. The molecule has 11 nitrogen and oxygen atoms in total. The Labute approximate surface area is 306 Å². The van der Waals surface area contributed by atoms with Gasteiger partial charge in [-0.2, -0.15) is 0 Å². The van der Waals surface area contributed by atoms with E-state index in [-0.39, 0.29) is 18.1 Å². The topological polar surface area (TPSA) is 135 Å². The molecule has 266 valence electrons. The van der Waals surface area contributed by atoms with Gasteiger partial charge in [-0.3, -0.25) is 9.78 Å². The van der Waals surface area contributed by atoms with E-state index in [9.17, 15) is 9.90 Å². The van der Waals surface area contributed by atoms with Crippen LogP contribution in [-0.2, 0) is 17.9 Å². The summed E-state index contributed by atoms with van der Waals surface area (Å²) in [4.78, 5) is 25.8. The SMILES string of the molecule is COc1nc(-c2cccc(-c3ccnc(-c4cc(OC)c5nc(CN[C@H]6CC[C@@H](O)CC6)cn5c4)c3Cl)c2Cl)ccc1CNC[C@@H]1CCC(=O)N1. The van der Waals surface area contributed by atoms with Gasteiger partial charge in [-0.25, -0.2) is 9.97 Å². The summed E-state index contributed by atoms with van der Waals surface area (Å²) in [5, 5.41) is 20.8. The monoisotopic (exact) mass is 729 g/mol. The lowest BCUT2D eigenvalue weighted by Gasteiger charge is -2.25. The minimum absolute atomic E-state index is 0.0979. The second kappa shape index (κ2) is 15.5. The van der Waals surface area contributed by atoms with Gasteiger partial charge in [0.15, 0.2) is 11.4 Å². The van der Waals surface area contributed by atoms with E-state index in [1.54, 1.807) is 20.4 Å². The van der Waals surface area contributed by atoms with Crippen LogP contribution in [0.5, 0.6) is 11.6 Å². The lowest BCUT2D eigenvalue weighted by molar-refractivity contribution is -0.119. The smallest absolute Gasteiger partial charge is 0.220 e. The molecule has 1 atom stereocenters. The normalized spacial score (nSPS) is 19.0. The van der Waals surface area contributed by atoms with E-state index in [1.165, 1.54) is 0 Å². The van der Waals surface area contributed by atoms with Crippen molar-refractivity contribution in [1.82, 2.24) is 35.3 Å². The van der Waals surface area contributed by atoms with Gasteiger partial charge in [0, 0.05) is 84.5 Å². The number of amides is 1. The quantitative estimate of drug-likeness (QED) is 0.118. The molecule has 1 amide bonds. The number of carbonyl (C=O) groups is 1. The number of imidazole rings is 1. The first-order chi connectivity index (χ1) is 24.8. The molecule has 2 aliphatic rings. The van der Waals surface area contributed by atoms with Gasteiger partial charge in [-0.15, -0.1) is 0 Å². The number of carbonyl (C=O) groups excluding carboxylic acids is 1. The minimum Gasteiger partial charge on any atom is -0.493 e. The molecule has 1 aliphatic carbocycles. The van der Waals surface area contributed by atoms with Crippen molar-refractivity contribution in [1.29, 1.82) is 0 Å². The number of methoxy groups -OCH3 is 2. The van der Waals surface area contributed by atoms with Gasteiger partial charge >= 0.3 is 0 Å². The summed E-state index contributed by atoms with van der Waals surface area (Å²) in [5.41, 5.74) is 6.72. The molecule has 7 rings (SSSR count). The summed E-state index contributed by atoms with van der Waals surface area (Å²) < 4.78 is 13.4. The number of fused-ring (bicyclic) bond motifs is 1. The fourth-order valence-corrected chi connectivity index (χ4v) is 7.59. The third-order valence-electron chi connectivity index (χ3n) is 9.71. The van der Waals surface area contributed by atoms with Gasteiger partial charge in [0.05, 0.1) is 47.5 Å². The maximum absolute atomic E-state index is 11.5. The van der Waals surface area contributed by atoms with Gasteiger partial charge in [0.25, 0.3) is 0 Å². The van der Waals surface area contributed by atoms with E-state index in [1.807, 2.05) is 59.3 Å². The largest absolute Gasteiger partial charge is 0.493 e. The summed E-state index contributed by atoms with van der Waals surface area (Å²) in [7, 11) is 3.22. The molecular weight excluding hydrogens is 689 g/mol. The van der Waals surface area contributed by atoms with Crippen LogP contribution in [0.1, 0.15) is 49.8 Å². The number of halogens is 2. The van der Waals surface area contributed by atoms with Crippen molar-refractivity contribution in [3.63, 3.8) is 0 Å². The van der Waals surface area contributed by atoms with Crippen molar-refractivity contribution in [2.45, 2.75) is 69.8 Å². The highest BCUT2D eigenvalue weighted by Gasteiger charge is 2.22. The zero-order valence-corrected chi connectivity index (χ0v) is 30.1. The van der Waals surface area contributed by atoms with Gasteiger partial charge in [-0.1, -0.05) is 47.5 Å². The Morgan fingerprint density at radius 1 is 0.941 bits per heavy atom. The predicted molar refractivity (Wildman–Crippen MR) is 198 cm³/mol. The molecule has 0 spiro atoms. The first-order valence-electron chi connectivity index (χ1n) is 17.3. The number of rotatable bonds is 12. The molecule has 4 N–H and O–H groups in total. The lowest BCUT2D eigenvalue weighted by Crippen LogP contribution is -2.35. The number of nitrogens with zero attached hydrogens (tertiary/aromatic N) is 4. The van der Waals surface area contributed by atoms with Gasteiger partial charge in [0.1, 0.15) is 0 Å². The molecule has 1 saturated carbocycles. The van der Waals surface area contributed by atoms with E-state index in [4.69, 9.17) is 42.6 Å². The van der Waals surface area contributed by atoms with E-state index in [0.29, 0.717) is 70.8 Å². The summed E-state index contributed by atoms with van der Waals surface area (Å²) >= 11 is 14.3. The lowest BCUT2D eigenvalue weighted by atomic mass is 9.93. The van der Waals surface area contributed by atoms with E-state index in [0.717, 1.165) is 65.6 Å². The summed E-state index contributed by atoms with van der Waals surface area (Å²) in [6, 6.07) is 13.9. The number of nitrogens with one attached hydrogen (secondary N) is 3. The van der Waals surface area contributed by atoms with Gasteiger partial charge < -0.3 is 34.9 Å². The van der Waals surface area contributed by atoms with Crippen molar-refractivity contribution in [3.05, 3.63) is 82.4 Å². The molecule has 0 unspecified atom stereocenters. The molecule has 51 heavy (non-hydrogen) atoms. The number of hydrogen-bond donors (Lipinski definition) is 4. The number of aromatic nitrogens is 4. The fourth-order valence-electron chi connectivity index (χ4n) is 6.94. The number of aliphatic hydroxyl groups excluding tert-OH is 1. The summed E-state index contributed by atoms with van der Waals surface area (Å²) in [6.07, 6.45) is 10.4. The maximum atomic E-state index is 11.5. The molecule has 1 aromatic carbocycles. The van der Waals surface area contributed by atoms with Crippen molar-refractivity contribution in [2.75, 3.05) is 20.8 Å². The van der Waals surface area contributed by atoms with Crippen molar-refractivity contribution in [3.8, 4) is 45.3 Å². The van der Waals surface area contributed by atoms with Crippen molar-refractivity contribution >= 4 is 34.8 Å². The third-order valence-corrected chi connectivity index (χ3v) is 10.5. The minimum atomic E-state index is -0.188. The Morgan fingerprint density at radius 3 is 2.51 bits per heavy atom. The number of ether oxygens (including phenoxy) is 2. The van der Waals surface area contributed by atoms with Crippen molar-refractivity contribution in [2.24, 2.45) is 0 Å². The van der Waals surface area contributed by atoms with Crippen LogP contribution in [-0.4, -0.2) is 69.3 Å². The molecule has 13 heteroatoms. The number of hydrogen-bond acceptors (Lipinski definition) is 9. The number of pyridine rings is 3. The maximum Gasteiger partial charge on any atom is 0.220 e. The molecule has 5 aromatic rings. The van der Waals surface area contributed by atoms with Crippen LogP contribution in [0, 0.1) is 0 Å². The van der Waals surface area contributed by atoms with Crippen LogP contribution < -0.4 is 25.4 Å². The molecule has 0 bridgehead atoms. The summed E-state index contributed by atoms with van der Waals surface area (Å²) in [6.45, 7) is 1.84. The number of benzene rings is 1. The molecule has 1 aliphatic heterocycles. The van der Waals surface area contributed by atoms with Crippen LogP contribution in [0.2, 0.25) is 10.0 Å². The summed E-state index contributed by atoms with van der Waals surface area (Å²) in [5.74, 6) is 1.20. The molecule has 5 heterocycles. The zero-order chi connectivity index (χ0) is 35.5. The Morgan fingerprint density at radius 2 is 1.75 bits per heavy atom. The van der Waals surface area contributed by atoms with Gasteiger partial charge in [0.2, 0.25) is 11.8 Å². The highest BCUT2D eigenvalue weighted by molar-refractivity contribution is 6.39. The van der Waals surface area contributed by atoms with E-state index in [2.05, 4.69) is 20.9 Å². The van der Waals surface area contributed by atoms with E-state index >= 15 is 0 Å². The molecule has 4 aromatic heterocycles. The van der Waals surface area contributed by atoms with Crippen LogP contribution in [0.25, 0.3) is 39.3 Å². The highest BCUT2D eigenvalue weighted by Crippen LogP contribution is 2.42. The Hall–Kier alpha value is -4.26. The average molecular weight is 731 g/mol. The second-order valence-electron chi connectivity index (χ2n) is 13.1. The van der Waals surface area contributed by atoms with Crippen LogP contribution in [0.15, 0.2) is 61.1 Å². The van der Waals surface area contributed by atoms with Gasteiger partial charge in [-0.05, 0) is 50.3 Å². The molecule has 0 radical (unpaired) electrons. The zero-order valence-electron chi connectivity index (χ0n) is 28.6. The molecule has 1 saturated heterocycles. The Kier molecular flexibility index (Phi) is 10.7.